The summed E-state index contributed by atoms with van der Waals surface area (Å²) in [6.45, 7) is 10.1. The van der Waals surface area contributed by atoms with Crippen LogP contribution >= 0.6 is 0 Å². The van der Waals surface area contributed by atoms with Gasteiger partial charge in [-0.25, -0.2) is 0 Å². The lowest BCUT2D eigenvalue weighted by molar-refractivity contribution is 0.679. The maximum atomic E-state index is 3.65. The van der Waals surface area contributed by atoms with Gasteiger partial charge in [0.15, 0.2) is 0 Å². The fourth-order valence-corrected chi connectivity index (χ4v) is 1.03. The van der Waals surface area contributed by atoms with Crippen LogP contribution in [-0.4, -0.2) is 13.1 Å². The molecular formula is C12H21N. The van der Waals surface area contributed by atoms with E-state index in [4.69, 9.17) is 0 Å². The highest BCUT2D eigenvalue weighted by Gasteiger charge is 1.82. The highest BCUT2D eigenvalue weighted by Crippen LogP contribution is 1.97. The van der Waals surface area contributed by atoms with Gasteiger partial charge in [-0.1, -0.05) is 43.4 Å². The third-order valence-electron chi connectivity index (χ3n) is 1.74. The van der Waals surface area contributed by atoms with Crippen LogP contribution in [0.3, 0.4) is 0 Å². The molecular weight excluding hydrogens is 158 g/mol. The van der Waals surface area contributed by atoms with Crippen molar-refractivity contribution in [2.45, 2.75) is 26.7 Å². The normalized spacial score (nSPS) is 12.3. The van der Waals surface area contributed by atoms with E-state index in [2.05, 4.69) is 37.9 Å². The molecule has 1 N–H and O–H groups in total. The minimum Gasteiger partial charge on any atom is -0.317 e. The minimum atomic E-state index is 1.07. The first-order valence-electron chi connectivity index (χ1n) is 4.97. The summed E-state index contributed by atoms with van der Waals surface area (Å²) in [7, 11) is 0. The zero-order valence-electron chi connectivity index (χ0n) is 8.84. The average Bonchev–Trinajstić information content (AvgIpc) is 2.11. The molecule has 13 heavy (non-hydrogen) atoms. The Balaban J connectivity index is 3.40. The van der Waals surface area contributed by atoms with Crippen LogP contribution in [0.2, 0.25) is 0 Å². The maximum Gasteiger partial charge on any atom is -0.00461 e. The van der Waals surface area contributed by atoms with Crippen LogP contribution in [0, 0.1) is 0 Å². The first kappa shape index (κ1) is 12.2. The van der Waals surface area contributed by atoms with Crippen molar-refractivity contribution in [3.63, 3.8) is 0 Å². The topological polar surface area (TPSA) is 12.0 Å². The van der Waals surface area contributed by atoms with Crippen molar-refractivity contribution in [3.05, 3.63) is 36.5 Å². The largest absolute Gasteiger partial charge is 0.317 e. The summed E-state index contributed by atoms with van der Waals surface area (Å²) in [5.74, 6) is 0. The minimum absolute atomic E-state index is 1.07. The summed E-state index contributed by atoms with van der Waals surface area (Å²) in [4.78, 5) is 0. The summed E-state index contributed by atoms with van der Waals surface area (Å²) in [6, 6.07) is 0. The van der Waals surface area contributed by atoms with E-state index in [1.807, 2.05) is 12.2 Å². The Morgan fingerprint density at radius 1 is 1.46 bits per heavy atom. The number of nitrogens with one attached hydrogen (secondary N) is 1. The molecule has 0 bridgehead atoms. The van der Waals surface area contributed by atoms with Crippen LogP contribution < -0.4 is 5.32 Å². The summed E-state index contributed by atoms with van der Waals surface area (Å²) >= 11 is 0. The molecule has 74 valence electrons. The van der Waals surface area contributed by atoms with E-state index >= 15 is 0 Å². The lowest BCUT2D eigenvalue weighted by atomic mass is 10.2. The Labute approximate surface area is 82.2 Å². The van der Waals surface area contributed by atoms with Crippen LogP contribution in [0.5, 0.6) is 0 Å². The molecule has 0 aliphatic carbocycles. The predicted molar refractivity (Wildman–Crippen MR) is 60.9 cm³/mol. The highest BCUT2D eigenvalue weighted by atomic mass is 14.8. The molecule has 0 saturated heterocycles. The van der Waals surface area contributed by atoms with Gasteiger partial charge in [0.05, 0.1) is 0 Å². The SMILES string of the molecule is C=C/C=C(C)\C=C/CCCNCC. The van der Waals surface area contributed by atoms with Gasteiger partial charge in [-0.15, -0.1) is 0 Å². The standard InChI is InChI=1S/C12H21N/c1-4-9-12(3)10-7-6-8-11-13-5-2/h4,7,9-10,13H,1,5-6,8,11H2,2-3H3/b10-7-,12-9-. The van der Waals surface area contributed by atoms with Crippen molar-refractivity contribution in [3.8, 4) is 0 Å². The molecule has 0 aromatic carbocycles. The summed E-state index contributed by atoms with van der Waals surface area (Å²) in [5.41, 5.74) is 1.26. The Morgan fingerprint density at radius 3 is 2.85 bits per heavy atom. The summed E-state index contributed by atoms with van der Waals surface area (Å²) < 4.78 is 0. The van der Waals surface area contributed by atoms with Gasteiger partial charge < -0.3 is 5.32 Å². The fraction of sp³-hybridized carbons (Fsp3) is 0.500. The quantitative estimate of drug-likeness (QED) is 0.468. The molecule has 0 unspecified atom stereocenters. The Kier molecular flexibility index (Phi) is 8.68. The van der Waals surface area contributed by atoms with Crippen molar-refractivity contribution in [1.29, 1.82) is 0 Å². The van der Waals surface area contributed by atoms with Crippen molar-refractivity contribution in [2.24, 2.45) is 0 Å². The van der Waals surface area contributed by atoms with Crippen LogP contribution in [0.15, 0.2) is 36.5 Å². The Morgan fingerprint density at radius 2 is 2.23 bits per heavy atom. The molecule has 1 heteroatoms. The number of rotatable bonds is 7. The van der Waals surface area contributed by atoms with Crippen molar-refractivity contribution >= 4 is 0 Å². The number of allylic oxidation sites excluding steroid dienone is 5. The van der Waals surface area contributed by atoms with Gasteiger partial charge in [-0.05, 0) is 32.9 Å². The summed E-state index contributed by atoms with van der Waals surface area (Å²) in [5, 5.41) is 3.30. The van der Waals surface area contributed by atoms with Crippen LogP contribution in [0.25, 0.3) is 0 Å². The predicted octanol–water partition coefficient (Wildman–Crippen LogP) is 3.06. The lowest BCUT2D eigenvalue weighted by Crippen LogP contribution is -2.13. The number of hydrogen-bond acceptors (Lipinski definition) is 1. The molecule has 0 aliphatic rings. The smallest absolute Gasteiger partial charge is 0.00461 e. The van der Waals surface area contributed by atoms with Gasteiger partial charge in [0.25, 0.3) is 0 Å². The van der Waals surface area contributed by atoms with E-state index in [0.717, 1.165) is 19.5 Å². The second-order valence-corrected chi connectivity index (χ2v) is 3.04. The van der Waals surface area contributed by atoms with Crippen LogP contribution in [0.4, 0.5) is 0 Å². The number of hydrogen-bond donors (Lipinski definition) is 1. The first-order valence-corrected chi connectivity index (χ1v) is 4.97. The molecule has 0 aromatic heterocycles. The highest BCUT2D eigenvalue weighted by molar-refractivity contribution is 5.20. The molecule has 0 rings (SSSR count). The summed E-state index contributed by atoms with van der Waals surface area (Å²) in [6.07, 6.45) is 10.6. The zero-order valence-corrected chi connectivity index (χ0v) is 8.84. The van der Waals surface area contributed by atoms with Crippen LogP contribution in [-0.2, 0) is 0 Å². The van der Waals surface area contributed by atoms with E-state index in [1.54, 1.807) is 0 Å². The third-order valence-corrected chi connectivity index (χ3v) is 1.74. The second kappa shape index (κ2) is 9.27. The molecule has 0 heterocycles. The average molecular weight is 179 g/mol. The third kappa shape index (κ3) is 9.09. The van der Waals surface area contributed by atoms with Gasteiger partial charge in [0.1, 0.15) is 0 Å². The first-order chi connectivity index (χ1) is 6.31. The van der Waals surface area contributed by atoms with Crippen molar-refractivity contribution in [2.75, 3.05) is 13.1 Å². The van der Waals surface area contributed by atoms with E-state index in [0.29, 0.717) is 0 Å². The molecule has 0 saturated carbocycles. The van der Waals surface area contributed by atoms with Gasteiger partial charge >= 0.3 is 0 Å². The van der Waals surface area contributed by atoms with E-state index < -0.39 is 0 Å². The molecule has 0 spiro atoms. The van der Waals surface area contributed by atoms with Crippen molar-refractivity contribution in [1.82, 2.24) is 5.32 Å². The monoisotopic (exact) mass is 179 g/mol. The zero-order chi connectivity index (χ0) is 9.94. The van der Waals surface area contributed by atoms with E-state index in [1.165, 1.54) is 12.0 Å². The van der Waals surface area contributed by atoms with Crippen LogP contribution in [0.1, 0.15) is 26.7 Å². The molecule has 0 atom stereocenters. The van der Waals surface area contributed by atoms with Gasteiger partial charge in [0.2, 0.25) is 0 Å². The van der Waals surface area contributed by atoms with Gasteiger partial charge in [-0.2, -0.15) is 0 Å². The molecule has 0 radical (unpaired) electrons. The van der Waals surface area contributed by atoms with E-state index in [-0.39, 0.29) is 0 Å². The Hall–Kier alpha value is -0.820. The number of unbranched alkanes of at least 4 members (excludes halogenated alkanes) is 1. The second-order valence-electron chi connectivity index (χ2n) is 3.04. The van der Waals surface area contributed by atoms with Gasteiger partial charge in [-0.3, -0.25) is 0 Å². The molecule has 0 aliphatic heterocycles. The molecule has 0 amide bonds. The molecule has 0 aromatic rings. The van der Waals surface area contributed by atoms with Gasteiger partial charge in [0, 0.05) is 0 Å². The fourth-order valence-electron chi connectivity index (χ4n) is 1.03. The maximum absolute atomic E-state index is 3.65. The van der Waals surface area contributed by atoms with Crippen molar-refractivity contribution < 1.29 is 0 Å². The molecule has 0 fully saturated rings. The Bertz CT molecular complexity index is 178. The van der Waals surface area contributed by atoms with E-state index in [9.17, 15) is 0 Å². The lowest BCUT2D eigenvalue weighted by Gasteiger charge is -1.97. The molecule has 1 nitrogen and oxygen atoms in total.